The molecule has 0 aromatic carbocycles. The first-order valence-electron chi connectivity index (χ1n) is 32.3. The summed E-state index contributed by atoms with van der Waals surface area (Å²) in [6, 6.07) is -0.939. The average Bonchev–Trinajstić information content (AvgIpc) is 3.58. The summed E-state index contributed by atoms with van der Waals surface area (Å²) in [6.07, 6.45) is 59.7. The summed E-state index contributed by atoms with van der Waals surface area (Å²) >= 11 is 0. The second-order valence-corrected chi connectivity index (χ2v) is 22.1. The normalized spacial score (nSPS) is 24.7. The van der Waals surface area contributed by atoms with Crippen LogP contribution in [0.25, 0.3) is 0 Å². The topological polar surface area (TPSA) is 228 Å². The minimum Gasteiger partial charge on any atom is -0.394 e. The van der Waals surface area contributed by atoms with Crippen LogP contribution in [-0.4, -0.2) is 140 Å². The number of unbranched alkanes of at least 4 members (excludes halogenated alkanes) is 19. The Hall–Kier alpha value is -3.61. The SMILES string of the molecule is CC/C=C\C/C=C\C/C=C\C/C=C\C/C=C\C/C=C\C/C=C\C/C=C\CCCCCCCCCCCCCCC(=O)NC(COC1OC(CO)C(OC2OC(CO)C(O)C(O)C2O)C(O)C1O)C(O)/C=C/CC/C=C/CCCCCCCC. The summed E-state index contributed by atoms with van der Waals surface area (Å²) in [5.74, 6) is -0.258. The summed E-state index contributed by atoms with van der Waals surface area (Å²) in [4.78, 5) is 13.3. The number of hydrogen-bond donors (Lipinski definition) is 9. The molecule has 0 radical (unpaired) electrons. The van der Waals surface area contributed by atoms with Gasteiger partial charge in [0.2, 0.25) is 5.91 Å². The van der Waals surface area contributed by atoms with E-state index >= 15 is 0 Å². The third-order valence-electron chi connectivity index (χ3n) is 14.9. The highest BCUT2D eigenvalue weighted by Gasteiger charge is 2.51. The number of aliphatic hydroxyl groups is 8. The van der Waals surface area contributed by atoms with Gasteiger partial charge in [-0.25, -0.2) is 0 Å². The summed E-state index contributed by atoms with van der Waals surface area (Å²) in [6.45, 7) is 2.62. The van der Waals surface area contributed by atoms with E-state index in [9.17, 15) is 45.6 Å². The van der Waals surface area contributed by atoms with E-state index in [2.05, 4.69) is 129 Å². The minimum absolute atomic E-state index is 0.258. The molecule has 2 aliphatic rings. The summed E-state index contributed by atoms with van der Waals surface area (Å²) in [5.41, 5.74) is 0. The number of rotatable bonds is 50. The predicted molar refractivity (Wildman–Crippen MR) is 336 cm³/mol. The van der Waals surface area contributed by atoms with E-state index in [1.165, 1.54) is 89.9 Å². The molecule has 2 aliphatic heterocycles. The Morgan fingerprint density at radius 1 is 0.446 bits per heavy atom. The maximum atomic E-state index is 13.3. The van der Waals surface area contributed by atoms with E-state index in [0.717, 1.165) is 89.9 Å². The third-order valence-corrected chi connectivity index (χ3v) is 14.9. The highest BCUT2D eigenvalue weighted by Crippen LogP contribution is 2.30. The van der Waals surface area contributed by atoms with Crippen molar-refractivity contribution in [3.63, 3.8) is 0 Å². The van der Waals surface area contributed by atoms with Gasteiger partial charge in [0.15, 0.2) is 12.6 Å². The average molecular weight is 1170 g/mol. The van der Waals surface area contributed by atoms with Crippen LogP contribution in [0.4, 0.5) is 0 Å². The van der Waals surface area contributed by atoms with Gasteiger partial charge in [0.1, 0.15) is 48.8 Å². The zero-order valence-corrected chi connectivity index (χ0v) is 51.1. The Morgan fingerprint density at radius 2 is 0.843 bits per heavy atom. The van der Waals surface area contributed by atoms with Crippen LogP contribution in [0.2, 0.25) is 0 Å². The zero-order chi connectivity index (χ0) is 60.2. The number of carbonyl (C=O) groups excluding carboxylic acids is 1. The molecule has 474 valence electrons. The quantitative estimate of drug-likeness (QED) is 0.0204. The molecule has 2 fully saturated rings. The van der Waals surface area contributed by atoms with Crippen molar-refractivity contribution in [1.82, 2.24) is 5.32 Å². The van der Waals surface area contributed by atoms with Gasteiger partial charge in [-0.15, -0.1) is 0 Å². The van der Waals surface area contributed by atoms with Crippen molar-refractivity contribution < 1.29 is 64.6 Å². The molecular formula is C69H115NO13. The zero-order valence-electron chi connectivity index (χ0n) is 51.1. The van der Waals surface area contributed by atoms with Crippen LogP contribution in [0.15, 0.2) is 122 Å². The first-order valence-corrected chi connectivity index (χ1v) is 32.3. The monoisotopic (exact) mass is 1170 g/mol. The molecule has 2 heterocycles. The number of carbonyl (C=O) groups is 1. The molecule has 83 heavy (non-hydrogen) atoms. The van der Waals surface area contributed by atoms with Crippen LogP contribution in [-0.2, 0) is 23.7 Å². The number of allylic oxidation sites excluding steroid dienone is 19. The maximum Gasteiger partial charge on any atom is 0.220 e. The lowest BCUT2D eigenvalue weighted by Gasteiger charge is -2.46. The lowest BCUT2D eigenvalue weighted by molar-refractivity contribution is -0.359. The van der Waals surface area contributed by atoms with E-state index in [-0.39, 0.29) is 18.9 Å². The van der Waals surface area contributed by atoms with E-state index < -0.39 is 86.8 Å². The van der Waals surface area contributed by atoms with E-state index in [1.807, 2.05) is 6.08 Å². The first kappa shape index (κ1) is 75.5. The molecule has 14 heteroatoms. The van der Waals surface area contributed by atoms with Gasteiger partial charge in [0, 0.05) is 6.42 Å². The molecule has 1 amide bonds. The standard InChI is InChI=1S/C69H115NO13/c1-3-5-7-9-11-13-15-17-18-19-20-21-22-23-24-25-26-27-28-29-30-31-32-33-34-35-36-37-38-39-40-41-43-45-47-49-51-53-61(74)70-57(58(73)52-50-48-46-44-42-16-14-12-10-8-6-4-2)56-80-68-66(79)64(77)67(60(55-72)82-68)83-69-65(78)63(76)62(75)59(54-71)81-69/h5,7,11,13,17-18,20-21,23-24,26-27,29-30,32-33,42,44,50,52,57-60,62-69,71-73,75-79H,3-4,6,8-10,12,14-16,19,22,25,28,31,34-41,43,45-49,51,53-56H2,1-2H3,(H,70,74)/b7-5-,13-11-,18-17-,21-20-,24-23-,27-26-,30-29-,33-32-,44-42+,52-50+. The fourth-order valence-electron chi connectivity index (χ4n) is 9.73. The highest BCUT2D eigenvalue weighted by molar-refractivity contribution is 5.76. The number of amides is 1. The van der Waals surface area contributed by atoms with Crippen molar-refractivity contribution in [2.75, 3.05) is 19.8 Å². The van der Waals surface area contributed by atoms with Gasteiger partial charge in [-0.1, -0.05) is 232 Å². The molecule has 14 nitrogen and oxygen atoms in total. The number of ether oxygens (including phenoxy) is 4. The van der Waals surface area contributed by atoms with Gasteiger partial charge < -0.3 is 65.1 Å². The van der Waals surface area contributed by atoms with E-state index in [1.54, 1.807) is 6.08 Å². The summed E-state index contributed by atoms with van der Waals surface area (Å²) in [7, 11) is 0. The second-order valence-electron chi connectivity index (χ2n) is 22.1. The molecule has 0 spiro atoms. The van der Waals surface area contributed by atoms with Crippen LogP contribution >= 0.6 is 0 Å². The van der Waals surface area contributed by atoms with Gasteiger partial charge in [0.05, 0.1) is 32.0 Å². The van der Waals surface area contributed by atoms with Crippen molar-refractivity contribution in [2.24, 2.45) is 0 Å². The fraction of sp³-hybridized carbons (Fsp3) is 0.696. The van der Waals surface area contributed by atoms with Gasteiger partial charge in [0.25, 0.3) is 0 Å². The van der Waals surface area contributed by atoms with Crippen LogP contribution in [0.3, 0.4) is 0 Å². The van der Waals surface area contributed by atoms with Crippen molar-refractivity contribution in [2.45, 2.75) is 286 Å². The Kier molecular flexibility index (Phi) is 47.9. The molecule has 0 aromatic rings. The van der Waals surface area contributed by atoms with Crippen LogP contribution in [0, 0.1) is 0 Å². The molecule has 9 N–H and O–H groups in total. The third kappa shape index (κ3) is 37.5. The molecule has 0 saturated carbocycles. The van der Waals surface area contributed by atoms with Crippen molar-refractivity contribution >= 4 is 5.91 Å². The first-order chi connectivity index (χ1) is 40.6. The number of hydrogen-bond acceptors (Lipinski definition) is 13. The van der Waals surface area contributed by atoms with Crippen molar-refractivity contribution in [1.29, 1.82) is 0 Å². The van der Waals surface area contributed by atoms with Gasteiger partial charge >= 0.3 is 0 Å². The summed E-state index contributed by atoms with van der Waals surface area (Å²) in [5, 5.41) is 87.0. The lowest BCUT2D eigenvalue weighted by atomic mass is 9.97. The molecule has 0 bridgehead atoms. The Balaban J connectivity index is 1.63. The van der Waals surface area contributed by atoms with Crippen LogP contribution < -0.4 is 5.32 Å². The molecule has 2 rings (SSSR count). The summed E-state index contributed by atoms with van der Waals surface area (Å²) < 4.78 is 22.7. The van der Waals surface area contributed by atoms with Gasteiger partial charge in [-0.05, 0) is 96.3 Å². The largest absolute Gasteiger partial charge is 0.394 e. The predicted octanol–water partition coefficient (Wildman–Crippen LogP) is 12.2. The van der Waals surface area contributed by atoms with Crippen molar-refractivity contribution in [3.8, 4) is 0 Å². The van der Waals surface area contributed by atoms with Crippen molar-refractivity contribution in [3.05, 3.63) is 122 Å². The molecule has 2 saturated heterocycles. The minimum atomic E-state index is -1.80. The lowest BCUT2D eigenvalue weighted by Crippen LogP contribution is -2.65. The second kappa shape index (κ2) is 52.7. The fourth-order valence-corrected chi connectivity index (χ4v) is 9.73. The van der Waals surface area contributed by atoms with Crippen LogP contribution in [0.1, 0.15) is 213 Å². The molecule has 0 aliphatic carbocycles. The molecule has 0 aromatic heterocycles. The maximum absolute atomic E-state index is 13.3. The molecule has 12 unspecified atom stereocenters. The number of nitrogens with one attached hydrogen (secondary N) is 1. The Bertz CT molecular complexity index is 1850. The van der Waals surface area contributed by atoms with Crippen LogP contribution in [0.5, 0.6) is 0 Å². The van der Waals surface area contributed by atoms with Gasteiger partial charge in [-0.2, -0.15) is 0 Å². The molecule has 12 atom stereocenters. The highest BCUT2D eigenvalue weighted by atomic mass is 16.7. The van der Waals surface area contributed by atoms with E-state index in [4.69, 9.17) is 18.9 Å². The Morgan fingerprint density at radius 3 is 1.33 bits per heavy atom. The molecular weight excluding hydrogens is 1050 g/mol. The Labute approximate surface area is 501 Å². The van der Waals surface area contributed by atoms with E-state index in [0.29, 0.717) is 12.8 Å². The van der Waals surface area contributed by atoms with Gasteiger partial charge in [-0.3, -0.25) is 4.79 Å². The number of aliphatic hydroxyl groups excluding tert-OH is 8. The smallest absolute Gasteiger partial charge is 0.220 e.